The molecule has 0 aliphatic rings. The third kappa shape index (κ3) is 13.4. The maximum absolute atomic E-state index is 13.1. The second-order valence-electron chi connectivity index (χ2n) is 17.4. The fourth-order valence-corrected chi connectivity index (χ4v) is 13.5. The van der Waals surface area contributed by atoms with Crippen molar-refractivity contribution in [3.8, 4) is 23.1 Å². The van der Waals surface area contributed by atoms with Crippen molar-refractivity contribution in [3.05, 3.63) is 83.6 Å². The Morgan fingerprint density at radius 1 is 0.565 bits per heavy atom. The fourth-order valence-electron chi connectivity index (χ4n) is 7.93. The topological polar surface area (TPSA) is 572 Å². The van der Waals surface area contributed by atoms with Crippen LogP contribution in [0, 0.1) is 13.8 Å². The number of carbonyl (C=O) groups is 1. The molecule has 0 unspecified atom stereocenters. The molecule has 0 saturated heterocycles. The van der Waals surface area contributed by atoms with Crippen LogP contribution in [0.2, 0.25) is 0 Å². The Morgan fingerprint density at radius 3 is 1.73 bits per heavy atom. The van der Waals surface area contributed by atoms with Crippen molar-refractivity contribution in [1.29, 1.82) is 0 Å². The quantitative estimate of drug-likeness (QED) is 0.0223. The summed E-state index contributed by atoms with van der Waals surface area (Å²) < 4.78 is 248. The van der Waals surface area contributed by atoms with Gasteiger partial charge in [0.05, 0.1) is 43.7 Å². The molecule has 0 spiro atoms. The molecule has 0 atom stereocenters. The van der Waals surface area contributed by atoms with Crippen LogP contribution < -0.4 is 4.74 Å². The summed E-state index contributed by atoms with van der Waals surface area (Å²) in [5.41, 5.74) is -5.11. The Hall–Kier alpha value is -8.02. The van der Waals surface area contributed by atoms with E-state index in [2.05, 4.69) is 40.8 Å². The monoisotopic (exact) mass is 1330 g/mol. The number of azo groups is 3. The number of carboxylic acids is 1. The van der Waals surface area contributed by atoms with E-state index in [1.165, 1.54) is 32.0 Å². The van der Waals surface area contributed by atoms with Gasteiger partial charge in [-0.3, -0.25) is 31.9 Å². The average molecular weight is 1340 g/mol. The van der Waals surface area contributed by atoms with Gasteiger partial charge in [-0.2, -0.15) is 68.7 Å². The van der Waals surface area contributed by atoms with Crippen LogP contribution in [0.4, 0.5) is 33.6 Å². The molecule has 2 aromatic heterocycles. The number of ether oxygens (including phenoxy) is 1. The van der Waals surface area contributed by atoms with Gasteiger partial charge in [0, 0.05) is 27.6 Å². The lowest BCUT2D eigenvalue weighted by atomic mass is 10.1. The zero-order valence-corrected chi connectivity index (χ0v) is 48.3. The second-order valence-corrected chi connectivity index (χ2v) is 28.4. The molecule has 0 saturated carbocycles. The largest absolute Gasteiger partial charge is 0.505 e. The van der Waals surface area contributed by atoms with Crippen LogP contribution in [0.5, 0.6) is 17.4 Å². The minimum atomic E-state index is -5.75. The van der Waals surface area contributed by atoms with Crippen LogP contribution in [0.1, 0.15) is 28.0 Å². The Bertz CT molecular complexity index is 5180. The fraction of sp³-hybridized carbons (Fsp3) is 0.119. The number of thiazole rings is 1. The molecular weight excluding hydrogens is 1300 g/mol. The zero-order chi connectivity index (χ0) is 63.1. The lowest BCUT2D eigenvalue weighted by molar-refractivity contribution is 0.0690. The first-order valence-electron chi connectivity index (χ1n) is 22.3. The molecule has 2 heterocycles. The van der Waals surface area contributed by atoms with Crippen LogP contribution in [0.25, 0.3) is 37.4 Å². The van der Waals surface area contributed by atoms with Crippen molar-refractivity contribution in [2.24, 2.45) is 30.7 Å². The molecule has 0 fully saturated rings. The van der Waals surface area contributed by atoms with Gasteiger partial charge in [0.25, 0.3) is 70.8 Å². The minimum Gasteiger partial charge on any atom is -0.505 e. The predicted octanol–water partition coefficient (Wildman–Crippen LogP) is 6.90. The number of hydrogen-bond donors (Lipinski definition) is 10. The van der Waals surface area contributed by atoms with Gasteiger partial charge in [0.15, 0.2) is 11.4 Å². The Balaban J connectivity index is 1.23. The maximum atomic E-state index is 13.1. The molecular formula is C42H33N9O26S8. The molecule has 10 N–H and O–H groups in total. The number of phenols is 1. The van der Waals surface area contributed by atoms with Gasteiger partial charge in [-0.1, -0.05) is 11.3 Å². The highest BCUT2D eigenvalue weighted by molar-refractivity contribution is 7.88. The summed E-state index contributed by atoms with van der Waals surface area (Å²) in [5, 5.41) is 55.9. The molecule has 43 heteroatoms. The van der Waals surface area contributed by atoms with Crippen molar-refractivity contribution in [3.63, 3.8) is 0 Å². The number of aromatic nitrogens is 3. The molecule has 0 aliphatic heterocycles. The third-order valence-electron chi connectivity index (χ3n) is 11.6. The second kappa shape index (κ2) is 22.1. The van der Waals surface area contributed by atoms with E-state index < -0.39 is 180 Å². The highest BCUT2D eigenvalue weighted by Gasteiger charge is 2.32. The van der Waals surface area contributed by atoms with Crippen molar-refractivity contribution in [2.75, 3.05) is 12.4 Å². The number of aryl methyl sites for hydroxylation is 2. The molecule has 0 radical (unpaired) electrons. The van der Waals surface area contributed by atoms with E-state index >= 15 is 0 Å². The van der Waals surface area contributed by atoms with Crippen molar-refractivity contribution < 1.29 is 116 Å². The molecule has 8 rings (SSSR count). The van der Waals surface area contributed by atoms with E-state index in [1.54, 1.807) is 0 Å². The number of hydrogen-bond acceptors (Lipinski definition) is 27. The first-order chi connectivity index (χ1) is 39.0. The number of phenolic OH excluding ortho intramolecular Hbond substituents is 1. The predicted molar refractivity (Wildman–Crippen MR) is 289 cm³/mol. The summed E-state index contributed by atoms with van der Waals surface area (Å²) in [6.45, 7) is 2.51. The molecule has 85 heavy (non-hydrogen) atoms. The molecule has 8 aromatic rings. The molecule has 0 bridgehead atoms. The number of rotatable bonds is 19. The number of nitrogens with zero attached hydrogens (tertiary/aromatic N) is 9. The van der Waals surface area contributed by atoms with Gasteiger partial charge in [0.1, 0.15) is 42.4 Å². The van der Waals surface area contributed by atoms with Crippen LogP contribution in [0.15, 0.2) is 127 Å². The number of carboxylic acid groups (broad SMARTS) is 1. The van der Waals surface area contributed by atoms with Gasteiger partial charge in [-0.25, -0.2) is 9.78 Å². The van der Waals surface area contributed by atoms with Gasteiger partial charge < -0.3 is 20.1 Å². The summed E-state index contributed by atoms with van der Waals surface area (Å²) in [6, 6.07) is 7.97. The molecule has 450 valence electrons. The molecule has 0 amide bonds. The van der Waals surface area contributed by atoms with Gasteiger partial charge in [-0.15, -0.1) is 30.7 Å². The number of fused-ring (bicyclic) bond motifs is 3. The Kier molecular flexibility index (Phi) is 16.4. The van der Waals surface area contributed by atoms with Crippen molar-refractivity contribution in [1.82, 2.24) is 14.8 Å². The van der Waals surface area contributed by atoms with Crippen LogP contribution in [0.3, 0.4) is 0 Å². The van der Waals surface area contributed by atoms with Gasteiger partial charge >= 0.3 is 5.97 Å². The van der Waals surface area contributed by atoms with Crippen molar-refractivity contribution >= 4 is 153 Å². The summed E-state index contributed by atoms with van der Waals surface area (Å²) in [4.78, 5) is 9.38. The molecule has 35 nitrogen and oxygen atoms in total. The summed E-state index contributed by atoms with van der Waals surface area (Å²) in [5.74, 6) is -5.94. The van der Waals surface area contributed by atoms with Crippen molar-refractivity contribution in [2.45, 2.75) is 49.6 Å². The first kappa shape index (κ1) is 63.0. The minimum absolute atomic E-state index is 0.00667. The SMILES string of the molecule is Cc1cc(N=Nc2c(S(=O)(=O)O)cc3c(S(=O)(=O)O)c(N=Nc4c(C(=O)O)nn(-c5cc(S(=O)(=O)O)c6cc(S(=O)(=O)O)cc(S(=O)(=O)O)c6c5)c4O)ccc3c2O)c(OCCCS(=O)(=O)O)cc1N=Nc1nc2c(C)cc(S(=O)(=O)O)cc2s1. The Morgan fingerprint density at radius 2 is 1.14 bits per heavy atom. The molecule has 0 aliphatic carbocycles. The first-order valence-corrected chi connectivity index (χ1v) is 33.3. The van der Waals surface area contributed by atoms with E-state index in [9.17, 15) is 111 Å². The summed E-state index contributed by atoms with van der Waals surface area (Å²) in [6.07, 6.45) is -0.334. The van der Waals surface area contributed by atoms with E-state index in [0.717, 1.165) is 23.5 Å². The van der Waals surface area contributed by atoms with E-state index in [4.69, 9.17) is 4.74 Å². The lowest BCUT2D eigenvalue weighted by Crippen LogP contribution is -2.09. The summed E-state index contributed by atoms with van der Waals surface area (Å²) in [7, 11) is -37.1. The van der Waals surface area contributed by atoms with E-state index in [0.29, 0.717) is 46.1 Å². The highest BCUT2D eigenvalue weighted by Crippen LogP contribution is 2.47. The maximum Gasteiger partial charge on any atom is 0.358 e. The highest BCUT2D eigenvalue weighted by atomic mass is 32.2. The number of aromatic carboxylic acids is 1. The normalized spacial score (nSPS) is 13.4. The lowest BCUT2D eigenvalue weighted by Gasteiger charge is -2.13. The summed E-state index contributed by atoms with van der Waals surface area (Å²) >= 11 is 0.883. The smallest absolute Gasteiger partial charge is 0.358 e. The van der Waals surface area contributed by atoms with E-state index in [1.807, 2.05) is 0 Å². The molecule has 6 aromatic carbocycles. The number of benzene rings is 6. The Labute approximate surface area is 480 Å². The van der Waals surface area contributed by atoms with Gasteiger partial charge in [-0.05, 0) is 92.1 Å². The van der Waals surface area contributed by atoms with Crippen LogP contribution >= 0.6 is 11.3 Å². The van der Waals surface area contributed by atoms with E-state index in [-0.39, 0.29) is 45.0 Å². The average Bonchev–Trinajstić information content (AvgIpc) is 1.33. The standard InChI is InChI=1S/C42H33N9O26S8/c1-17-9-28(29(77-6-3-7-79(56,57)58)16-27(17)45-49-42-43-34-18(2)8-20(80(59,60)61)13-30(34)78-42)46-47-35-33(84(71,72)73)15-25-22(38(35)52)4-5-26(39(25)85(74,75)76)44-48-36-37(41(54)55)50-51(40(36)53)19-10-23-24(31(11-19)82(65,66)67)12-21(81(62,63)64)14-32(23)83(68,69)70/h4-5,8-16,52-53H,3,6-7H2,1-2H3,(H,54,55)(H,56,57,58)(H,59,60,61)(H,62,63,64)(H,65,66,67)(H,68,69,70)(H,71,72,73)(H,74,75,76). The van der Waals surface area contributed by atoms with Crippen LogP contribution in [-0.2, 0) is 70.8 Å². The number of aromatic hydroxyl groups is 2. The van der Waals surface area contributed by atoms with Gasteiger partial charge in [0.2, 0.25) is 16.7 Å². The third-order valence-corrected chi connectivity index (χ3v) is 18.5. The zero-order valence-electron chi connectivity index (χ0n) is 41.8. The van der Waals surface area contributed by atoms with Crippen LogP contribution in [-0.4, -0.2) is 139 Å².